The van der Waals surface area contributed by atoms with Gasteiger partial charge in [-0.25, -0.2) is 0 Å². The van der Waals surface area contributed by atoms with E-state index in [9.17, 15) is 0 Å². The third kappa shape index (κ3) is 10.2. The second-order valence-electron chi connectivity index (χ2n) is 6.63. The molecule has 8 heteroatoms. The van der Waals surface area contributed by atoms with Gasteiger partial charge in [0, 0.05) is 0 Å². The van der Waals surface area contributed by atoms with E-state index >= 15 is 0 Å². The van der Waals surface area contributed by atoms with Crippen LogP contribution in [0.1, 0.15) is 13.3 Å². The van der Waals surface area contributed by atoms with Crippen LogP contribution in [0.4, 0.5) is 0 Å². The van der Waals surface area contributed by atoms with Gasteiger partial charge in [-0.1, -0.05) is 13.3 Å². The van der Waals surface area contributed by atoms with Gasteiger partial charge < -0.3 is 8.85 Å². The van der Waals surface area contributed by atoms with Gasteiger partial charge in [0.1, 0.15) is 5.91 Å². The quantitative estimate of drug-likeness (QED) is 0.373. The van der Waals surface area contributed by atoms with Crippen molar-refractivity contribution in [1.29, 1.82) is 0 Å². The fourth-order valence-electron chi connectivity index (χ4n) is 1.60. The van der Waals surface area contributed by atoms with E-state index in [-0.39, 0.29) is 5.91 Å². The van der Waals surface area contributed by atoms with E-state index in [0.29, 0.717) is 5.16 Å². The lowest BCUT2D eigenvalue weighted by Gasteiger charge is -2.33. The first-order valence-electron chi connectivity index (χ1n) is 6.58. The summed E-state index contributed by atoms with van der Waals surface area (Å²) in [5.74, 6) is 0.0146. The maximum atomic E-state index is 6.21. The SMILES string of the molecule is CCC([SiH2]C(O[Si](C)(C)C)O[Si](C)(C)C)[SiH](Cl)Cl. The Balaban J connectivity index is 4.65. The zero-order valence-corrected chi connectivity index (χ0v) is 18.8. The van der Waals surface area contributed by atoms with Crippen LogP contribution in [-0.4, -0.2) is 39.5 Å². The summed E-state index contributed by atoms with van der Waals surface area (Å²) in [5.41, 5.74) is 0. The van der Waals surface area contributed by atoms with Gasteiger partial charge in [-0.15, -0.1) is 0 Å². The molecule has 0 heterocycles. The van der Waals surface area contributed by atoms with Crippen molar-refractivity contribution in [1.82, 2.24) is 0 Å². The molecule has 0 aromatic heterocycles. The number of rotatable bonds is 8. The summed E-state index contributed by atoms with van der Waals surface area (Å²) in [6, 6.07) is 0. The smallest absolute Gasteiger partial charge is 0.237 e. The zero-order chi connectivity index (χ0) is 14.6. The summed E-state index contributed by atoms with van der Waals surface area (Å²) < 4.78 is 12.4. The first-order valence-corrected chi connectivity index (χ1v) is 19.2. The molecule has 110 valence electrons. The molecule has 1 atom stereocenters. The molecule has 0 aliphatic carbocycles. The Morgan fingerprint density at radius 1 is 1.00 bits per heavy atom. The molecule has 0 aromatic carbocycles. The van der Waals surface area contributed by atoms with Gasteiger partial charge in [0.15, 0.2) is 16.6 Å². The van der Waals surface area contributed by atoms with Crippen LogP contribution in [0.15, 0.2) is 0 Å². The van der Waals surface area contributed by atoms with Crippen LogP contribution in [0.2, 0.25) is 44.4 Å². The van der Waals surface area contributed by atoms with Gasteiger partial charge in [0.25, 0.3) is 0 Å². The fraction of sp³-hybridized carbons (Fsp3) is 1.00. The lowest BCUT2D eigenvalue weighted by molar-refractivity contribution is 0.0601. The van der Waals surface area contributed by atoms with Crippen LogP contribution in [0.25, 0.3) is 0 Å². The average molecular weight is 364 g/mol. The Morgan fingerprint density at radius 3 is 1.61 bits per heavy atom. The lowest BCUT2D eigenvalue weighted by Crippen LogP contribution is -2.44. The molecule has 0 radical (unpaired) electrons. The average Bonchev–Trinajstić information content (AvgIpc) is 2.07. The number of hydrogen-bond acceptors (Lipinski definition) is 2. The maximum Gasteiger partial charge on any atom is 0.237 e. The summed E-state index contributed by atoms with van der Waals surface area (Å²) in [6.45, 7) is 15.4. The second kappa shape index (κ2) is 7.97. The van der Waals surface area contributed by atoms with E-state index in [2.05, 4.69) is 46.2 Å². The molecule has 0 saturated heterocycles. The molecular formula is C10H28Cl2O2Si4. The monoisotopic (exact) mass is 362 g/mol. The minimum absolute atomic E-state index is 0.0146. The summed E-state index contributed by atoms with van der Waals surface area (Å²) >= 11 is 12.4. The molecule has 0 aliphatic heterocycles. The molecule has 0 bridgehead atoms. The fourth-order valence-corrected chi connectivity index (χ4v) is 12.7. The molecule has 18 heavy (non-hydrogen) atoms. The van der Waals surface area contributed by atoms with Gasteiger partial charge in [-0.05, 0) is 44.4 Å². The molecule has 0 rings (SSSR count). The third-order valence-electron chi connectivity index (χ3n) is 2.35. The van der Waals surface area contributed by atoms with Crippen molar-refractivity contribution < 1.29 is 8.85 Å². The molecule has 0 spiro atoms. The van der Waals surface area contributed by atoms with Crippen molar-refractivity contribution in [3.05, 3.63) is 0 Å². The largest absolute Gasteiger partial charge is 0.398 e. The van der Waals surface area contributed by atoms with E-state index in [0.717, 1.165) is 6.42 Å². The molecule has 2 nitrogen and oxygen atoms in total. The van der Waals surface area contributed by atoms with Gasteiger partial charge in [0.05, 0.1) is 9.52 Å². The van der Waals surface area contributed by atoms with Crippen molar-refractivity contribution in [3.8, 4) is 0 Å². The predicted octanol–water partition coefficient (Wildman–Crippen LogP) is 3.58. The van der Waals surface area contributed by atoms with E-state index < -0.39 is 33.6 Å². The van der Waals surface area contributed by atoms with E-state index in [1.54, 1.807) is 0 Å². The lowest BCUT2D eigenvalue weighted by atomic mass is 10.6. The molecule has 0 aliphatic rings. The Morgan fingerprint density at radius 2 is 1.39 bits per heavy atom. The van der Waals surface area contributed by atoms with Gasteiger partial charge >= 0.3 is 0 Å². The van der Waals surface area contributed by atoms with Crippen molar-refractivity contribution in [3.63, 3.8) is 0 Å². The topological polar surface area (TPSA) is 18.5 Å². The standard InChI is InChI=1S/C10H28Cl2O2Si4/c1-8-9(16(11)12)15-10(13-17(2,3)4)14-18(5,6)7/h9-10,16H,8,15H2,1-7H3. The van der Waals surface area contributed by atoms with Crippen molar-refractivity contribution in [2.45, 2.75) is 63.7 Å². The van der Waals surface area contributed by atoms with Crippen molar-refractivity contribution >= 4 is 55.7 Å². The van der Waals surface area contributed by atoms with Crippen LogP contribution in [0, 0.1) is 0 Å². The summed E-state index contributed by atoms with van der Waals surface area (Å²) in [4.78, 5) is 0. The Labute approximate surface area is 128 Å². The molecule has 1 unspecified atom stereocenters. The summed E-state index contributed by atoms with van der Waals surface area (Å²) in [7, 11) is -5.29. The van der Waals surface area contributed by atoms with E-state index in [1.165, 1.54) is 0 Å². The minimum Gasteiger partial charge on any atom is -0.398 e. The van der Waals surface area contributed by atoms with Crippen LogP contribution in [0.5, 0.6) is 0 Å². The normalized spacial score (nSPS) is 16.2. The van der Waals surface area contributed by atoms with Gasteiger partial charge in [0.2, 0.25) is 7.42 Å². The van der Waals surface area contributed by atoms with E-state index in [1.807, 2.05) is 0 Å². The Bertz CT molecular complexity index is 225. The second-order valence-corrected chi connectivity index (χ2v) is 23.8. The first-order chi connectivity index (χ1) is 7.94. The van der Waals surface area contributed by atoms with Crippen LogP contribution in [0.3, 0.4) is 0 Å². The predicted molar refractivity (Wildman–Crippen MR) is 94.1 cm³/mol. The molecule has 0 N–H and O–H groups in total. The molecule has 0 aromatic rings. The molecule has 0 amide bonds. The highest BCUT2D eigenvalue weighted by atomic mass is 35.7. The highest BCUT2D eigenvalue weighted by Gasteiger charge is 2.31. The van der Waals surface area contributed by atoms with E-state index in [4.69, 9.17) is 31.0 Å². The van der Waals surface area contributed by atoms with Crippen LogP contribution >= 0.6 is 22.2 Å². The number of halogens is 2. The van der Waals surface area contributed by atoms with Crippen LogP contribution in [-0.2, 0) is 8.85 Å². The van der Waals surface area contributed by atoms with Crippen molar-refractivity contribution in [2.75, 3.05) is 0 Å². The summed E-state index contributed by atoms with van der Waals surface area (Å²) in [6.07, 6.45) is 1.07. The zero-order valence-electron chi connectivity index (χ0n) is 12.7. The highest BCUT2D eigenvalue weighted by molar-refractivity contribution is 7.36. The van der Waals surface area contributed by atoms with Crippen molar-refractivity contribution in [2.24, 2.45) is 0 Å². The first kappa shape index (κ1) is 19.4. The Kier molecular flexibility index (Phi) is 8.57. The maximum absolute atomic E-state index is 6.21. The molecule has 0 fully saturated rings. The Hall–Kier alpha value is 1.37. The highest BCUT2D eigenvalue weighted by Crippen LogP contribution is 2.24. The third-order valence-corrected chi connectivity index (χ3v) is 14.2. The van der Waals surface area contributed by atoms with Gasteiger partial charge in [-0.3, -0.25) is 0 Å². The molecular weight excluding hydrogens is 335 g/mol. The summed E-state index contributed by atoms with van der Waals surface area (Å²) in [5, 5.41) is 0.506. The van der Waals surface area contributed by atoms with Crippen LogP contribution < -0.4 is 0 Å². The molecule has 0 saturated carbocycles. The minimum atomic E-state index is -1.60. The number of hydrogen-bond donors (Lipinski definition) is 0. The van der Waals surface area contributed by atoms with Gasteiger partial charge in [-0.2, -0.15) is 22.2 Å².